The Kier molecular flexibility index (Phi) is 3.13. The van der Waals surface area contributed by atoms with Crippen LogP contribution in [0, 0.1) is 5.41 Å². The fourth-order valence-corrected chi connectivity index (χ4v) is 2.95. The molecule has 1 unspecified atom stereocenters. The molecule has 1 saturated carbocycles. The SMILES string of the molecule is CC1(C)CCCC(c2ccccc2C=O)C1. The van der Waals surface area contributed by atoms with Gasteiger partial charge in [-0.2, -0.15) is 0 Å². The fraction of sp³-hybridized carbons (Fsp3) is 0.533. The normalized spacial score (nSPS) is 24.0. The zero-order valence-corrected chi connectivity index (χ0v) is 10.2. The van der Waals surface area contributed by atoms with E-state index in [1.165, 1.54) is 31.2 Å². The summed E-state index contributed by atoms with van der Waals surface area (Å²) in [5, 5.41) is 0. The zero-order chi connectivity index (χ0) is 11.6. The Balaban J connectivity index is 2.26. The molecule has 1 aromatic rings. The van der Waals surface area contributed by atoms with E-state index in [9.17, 15) is 4.79 Å². The number of carbonyl (C=O) groups excluding carboxylic acids is 1. The standard InChI is InChI=1S/C15H20O/c1-15(2)9-5-7-12(10-15)14-8-4-3-6-13(14)11-16/h3-4,6,8,11-12H,5,7,9-10H2,1-2H3. The summed E-state index contributed by atoms with van der Waals surface area (Å²) in [6, 6.07) is 8.05. The van der Waals surface area contributed by atoms with Crippen LogP contribution in [0.4, 0.5) is 0 Å². The lowest BCUT2D eigenvalue weighted by molar-refractivity contribution is 0.112. The number of aldehydes is 1. The van der Waals surface area contributed by atoms with E-state index >= 15 is 0 Å². The lowest BCUT2D eigenvalue weighted by Crippen LogP contribution is -2.22. The zero-order valence-electron chi connectivity index (χ0n) is 10.2. The van der Waals surface area contributed by atoms with E-state index in [2.05, 4.69) is 19.9 Å². The van der Waals surface area contributed by atoms with Gasteiger partial charge in [0, 0.05) is 5.56 Å². The molecule has 0 aliphatic heterocycles. The van der Waals surface area contributed by atoms with Crippen molar-refractivity contribution in [3.8, 4) is 0 Å². The molecule has 1 fully saturated rings. The van der Waals surface area contributed by atoms with Gasteiger partial charge in [0.05, 0.1) is 0 Å². The van der Waals surface area contributed by atoms with Gasteiger partial charge in [-0.05, 0) is 36.2 Å². The minimum absolute atomic E-state index is 0.429. The van der Waals surface area contributed by atoms with Crippen LogP contribution in [0.2, 0.25) is 0 Å². The van der Waals surface area contributed by atoms with Gasteiger partial charge < -0.3 is 0 Å². The van der Waals surface area contributed by atoms with Crippen molar-refractivity contribution in [1.82, 2.24) is 0 Å². The predicted octanol–water partition coefficient (Wildman–Crippen LogP) is 4.18. The quantitative estimate of drug-likeness (QED) is 0.678. The molecule has 0 aromatic heterocycles. The largest absolute Gasteiger partial charge is 0.298 e. The van der Waals surface area contributed by atoms with Gasteiger partial charge in [-0.1, -0.05) is 44.5 Å². The van der Waals surface area contributed by atoms with Crippen LogP contribution in [-0.4, -0.2) is 6.29 Å². The lowest BCUT2D eigenvalue weighted by Gasteiger charge is -2.35. The van der Waals surface area contributed by atoms with Crippen LogP contribution in [0.5, 0.6) is 0 Å². The summed E-state index contributed by atoms with van der Waals surface area (Å²) in [4.78, 5) is 11.0. The monoisotopic (exact) mass is 216 g/mol. The Hall–Kier alpha value is -1.11. The molecular weight excluding hydrogens is 196 g/mol. The van der Waals surface area contributed by atoms with Gasteiger partial charge in [0.2, 0.25) is 0 Å². The van der Waals surface area contributed by atoms with Crippen LogP contribution in [0.25, 0.3) is 0 Å². The van der Waals surface area contributed by atoms with E-state index in [-0.39, 0.29) is 0 Å². The van der Waals surface area contributed by atoms with Crippen molar-refractivity contribution in [3.05, 3.63) is 35.4 Å². The number of carbonyl (C=O) groups is 1. The van der Waals surface area contributed by atoms with E-state index in [1.807, 2.05) is 18.2 Å². The molecule has 1 aromatic carbocycles. The van der Waals surface area contributed by atoms with E-state index in [0.717, 1.165) is 11.8 Å². The van der Waals surface area contributed by atoms with Gasteiger partial charge in [0.25, 0.3) is 0 Å². The summed E-state index contributed by atoms with van der Waals surface area (Å²) in [6.07, 6.45) is 6.03. The Morgan fingerprint density at radius 3 is 2.75 bits per heavy atom. The molecule has 0 saturated heterocycles. The minimum Gasteiger partial charge on any atom is -0.298 e. The van der Waals surface area contributed by atoms with Gasteiger partial charge in [-0.15, -0.1) is 0 Å². The topological polar surface area (TPSA) is 17.1 Å². The van der Waals surface area contributed by atoms with Crippen LogP contribution in [-0.2, 0) is 0 Å². The first-order chi connectivity index (χ1) is 7.62. The van der Waals surface area contributed by atoms with Crippen LogP contribution in [0.15, 0.2) is 24.3 Å². The molecule has 16 heavy (non-hydrogen) atoms. The maximum absolute atomic E-state index is 11.0. The molecule has 0 N–H and O–H groups in total. The van der Waals surface area contributed by atoms with Crippen molar-refractivity contribution in [1.29, 1.82) is 0 Å². The summed E-state index contributed by atoms with van der Waals surface area (Å²) in [7, 11) is 0. The first-order valence-corrected chi connectivity index (χ1v) is 6.16. The van der Waals surface area contributed by atoms with Crippen LogP contribution in [0.3, 0.4) is 0 Å². The summed E-state index contributed by atoms with van der Waals surface area (Å²) < 4.78 is 0. The summed E-state index contributed by atoms with van der Waals surface area (Å²) in [5.41, 5.74) is 2.56. The summed E-state index contributed by atoms with van der Waals surface area (Å²) in [6.45, 7) is 4.67. The average molecular weight is 216 g/mol. The van der Waals surface area contributed by atoms with Gasteiger partial charge in [0.15, 0.2) is 0 Å². The molecule has 86 valence electrons. The molecule has 2 rings (SSSR count). The molecular formula is C15H20O. The highest BCUT2D eigenvalue weighted by Crippen LogP contribution is 2.43. The first-order valence-electron chi connectivity index (χ1n) is 6.16. The minimum atomic E-state index is 0.429. The molecule has 0 spiro atoms. The van der Waals surface area contributed by atoms with E-state index in [1.54, 1.807) is 0 Å². The van der Waals surface area contributed by atoms with Gasteiger partial charge in [-0.25, -0.2) is 0 Å². The second kappa shape index (κ2) is 4.40. The maximum Gasteiger partial charge on any atom is 0.150 e. The van der Waals surface area contributed by atoms with Crippen molar-refractivity contribution >= 4 is 6.29 Å². The van der Waals surface area contributed by atoms with Crippen molar-refractivity contribution in [2.24, 2.45) is 5.41 Å². The molecule has 1 atom stereocenters. The van der Waals surface area contributed by atoms with Gasteiger partial charge in [0.1, 0.15) is 6.29 Å². The lowest BCUT2D eigenvalue weighted by atomic mass is 9.69. The number of hydrogen-bond acceptors (Lipinski definition) is 1. The van der Waals surface area contributed by atoms with E-state index in [4.69, 9.17) is 0 Å². The molecule has 0 heterocycles. The third kappa shape index (κ3) is 2.34. The fourth-order valence-electron chi connectivity index (χ4n) is 2.95. The summed E-state index contributed by atoms with van der Waals surface area (Å²) >= 11 is 0. The summed E-state index contributed by atoms with van der Waals surface area (Å²) in [5.74, 6) is 0.574. The number of benzene rings is 1. The second-order valence-electron chi connectivity index (χ2n) is 5.70. The molecule has 0 radical (unpaired) electrons. The van der Waals surface area contributed by atoms with Crippen molar-refractivity contribution in [2.45, 2.75) is 45.4 Å². The third-order valence-electron chi connectivity index (χ3n) is 3.77. The van der Waals surface area contributed by atoms with Crippen molar-refractivity contribution in [3.63, 3.8) is 0 Å². The Bertz CT molecular complexity index is 379. The molecule has 1 aliphatic carbocycles. The second-order valence-corrected chi connectivity index (χ2v) is 5.70. The smallest absolute Gasteiger partial charge is 0.150 e. The molecule has 1 nitrogen and oxygen atoms in total. The average Bonchev–Trinajstić information content (AvgIpc) is 2.27. The number of hydrogen-bond donors (Lipinski definition) is 0. The highest BCUT2D eigenvalue weighted by atomic mass is 16.1. The van der Waals surface area contributed by atoms with Crippen LogP contribution >= 0.6 is 0 Å². The highest BCUT2D eigenvalue weighted by molar-refractivity contribution is 5.77. The Morgan fingerprint density at radius 1 is 1.31 bits per heavy atom. The van der Waals surface area contributed by atoms with Gasteiger partial charge >= 0.3 is 0 Å². The Morgan fingerprint density at radius 2 is 2.06 bits per heavy atom. The third-order valence-corrected chi connectivity index (χ3v) is 3.77. The van der Waals surface area contributed by atoms with Crippen LogP contribution in [0.1, 0.15) is 61.4 Å². The molecule has 0 amide bonds. The predicted molar refractivity (Wildman–Crippen MR) is 66.8 cm³/mol. The number of rotatable bonds is 2. The molecule has 1 aliphatic rings. The molecule has 0 bridgehead atoms. The first kappa shape index (κ1) is 11.4. The molecule has 1 heteroatoms. The van der Waals surface area contributed by atoms with Crippen molar-refractivity contribution < 1.29 is 4.79 Å². The highest BCUT2D eigenvalue weighted by Gasteiger charge is 2.29. The Labute approximate surface area is 97.9 Å². The van der Waals surface area contributed by atoms with Crippen molar-refractivity contribution in [2.75, 3.05) is 0 Å². The van der Waals surface area contributed by atoms with Crippen LogP contribution < -0.4 is 0 Å². The van der Waals surface area contributed by atoms with E-state index < -0.39 is 0 Å². The van der Waals surface area contributed by atoms with Gasteiger partial charge in [-0.3, -0.25) is 4.79 Å². The van der Waals surface area contributed by atoms with E-state index in [0.29, 0.717) is 11.3 Å². The maximum atomic E-state index is 11.0.